The van der Waals surface area contributed by atoms with Gasteiger partial charge in [-0.3, -0.25) is 0 Å². The lowest BCUT2D eigenvalue weighted by Crippen LogP contribution is -2.12. The van der Waals surface area contributed by atoms with Crippen LogP contribution in [-0.4, -0.2) is 0 Å². The minimum absolute atomic E-state index is 1.06. The van der Waals surface area contributed by atoms with E-state index < -0.39 is 0 Å². The lowest BCUT2D eigenvalue weighted by Gasteiger charge is -2.32. The van der Waals surface area contributed by atoms with Gasteiger partial charge in [0.2, 0.25) is 0 Å². The number of anilines is 12. The van der Waals surface area contributed by atoms with Crippen LogP contribution in [0.3, 0.4) is 0 Å². The van der Waals surface area contributed by atoms with E-state index in [0.29, 0.717) is 0 Å². The summed E-state index contributed by atoms with van der Waals surface area (Å²) in [5.74, 6) is 0. The highest BCUT2D eigenvalue weighted by Crippen LogP contribution is 2.54. The highest BCUT2D eigenvalue weighted by atomic mass is 15.2. The molecule has 4 nitrogen and oxygen atoms in total. The van der Waals surface area contributed by atoms with Gasteiger partial charge in [-0.1, -0.05) is 170 Å². The van der Waals surface area contributed by atoms with Crippen LogP contribution in [-0.2, 0) is 0 Å². The van der Waals surface area contributed by atoms with Gasteiger partial charge >= 0.3 is 0 Å². The summed E-state index contributed by atoms with van der Waals surface area (Å²) in [6.07, 6.45) is 0. The number of benzene rings is 12. The fraction of sp³-hybridized carbons (Fsp3) is 0. The number of nitrogens with zero attached hydrogens (tertiary/aromatic N) is 4. The smallest absolute Gasteiger partial charge is 0.0468 e. The van der Waals surface area contributed by atoms with E-state index in [0.717, 1.165) is 113 Å². The molecule has 360 valence electrons. The van der Waals surface area contributed by atoms with E-state index in [-0.39, 0.29) is 0 Å². The predicted octanol–water partition coefficient (Wildman–Crippen LogP) is 20.5. The number of para-hydroxylation sites is 8. The first kappa shape index (κ1) is 45.7. The second kappa shape index (κ2) is 20.4. The topological polar surface area (TPSA) is 13.0 Å². The average Bonchev–Trinajstić information content (AvgIpc) is 3.56. The Bertz CT molecular complexity index is 3200. The normalized spacial score (nSPS) is 11.2. The van der Waals surface area contributed by atoms with Crippen LogP contribution in [0, 0.1) is 0 Å². The fourth-order valence-electron chi connectivity index (χ4n) is 10.9. The van der Waals surface area contributed by atoms with Gasteiger partial charge in [0.15, 0.2) is 0 Å². The second-order valence-electron chi connectivity index (χ2n) is 18.9. The molecule has 1 aliphatic carbocycles. The quantitative estimate of drug-likeness (QED) is 0.121. The molecule has 0 spiro atoms. The molecule has 0 aliphatic heterocycles. The molecule has 0 unspecified atom stereocenters. The highest BCUT2D eigenvalue weighted by Gasteiger charge is 2.28. The largest absolute Gasteiger partial charge is 0.310 e. The summed E-state index contributed by atoms with van der Waals surface area (Å²) in [6, 6.07) is 114. The Morgan fingerprint density at radius 3 is 0.408 bits per heavy atom. The maximum Gasteiger partial charge on any atom is 0.0468 e. The molecule has 0 aromatic heterocycles. The maximum absolute atomic E-state index is 2.41. The molecule has 12 aromatic carbocycles. The number of rotatable bonds is 12. The Labute approximate surface area is 445 Å². The van der Waals surface area contributed by atoms with Crippen LogP contribution in [0.4, 0.5) is 68.2 Å². The van der Waals surface area contributed by atoms with Gasteiger partial charge in [0, 0.05) is 68.2 Å². The maximum atomic E-state index is 2.41. The molecule has 12 aromatic rings. The molecule has 0 bridgehead atoms. The zero-order valence-electron chi connectivity index (χ0n) is 41.8. The van der Waals surface area contributed by atoms with Gasteiger partial charge in [-0.2, -0.15) is 0 Å². The van der Waals surface area contributed by atoms with Crippen LogP contribution in [0.1, 0.15) is 0 Å². The van der Waals surface area contributed by atoms with Crippen molar-refractivity contribution in [3.8, 4) is 44.5 Å². The highest BCUT2D eigenvalue weighted by molar-refractivity contribution is 6.07. The van der Waals surface area contributed by atoms with E-state index in [2.05, 4.69) is 335 Å². The van der Waals surface area contributed by atoms with Gasteiger partial charge in [-0.05, 0) is 190 Å². The summed E-state index contributed by atoms with van der Waals surface area (Å²) in [7, 11) is 0. The number of hydrogen-bond acceptors (Lipinski definition) is 4. The molecule has 4 heteroatoms. The molecular weight excluding hydrogens is 921 g/mol. The van der Waals surface area contributed by atoms with E-state index in [1.165, 1.54) is 0 Å². The van der Waals surface area contributed by atoms with Crippen molar-refractivity contribution < 1.29 is 0 Å². The van der Waals surface area contributed by atoms with Crippen molar-refractivity contribution in [2.24, 2.45) is 0 Å². The van der Waals surface area contributed by atoms with Crippen LogP contribution < -0.4 is 19.6 Å². The lowest BCUT2D eigenvalue weighted by atomic mass is 9.80. The SMILES string of the molecule is c1ccc(N(c2ccccc2)c2ccc3c(c2)-c2ccc(N(c4ccccc4)c4ccccc4)cc2-c2ccc(N(c4ccccc4)c4ccccc4)cc2-c2ccc(N(c4ccccc4)c4ccccc4)cc2-3)cc1. The van der Waals surface area contributed by atoms with E-state index in [1.807, 2.05) is 0 Å². The van der Waals surface area contributed by atoms with E-state index >= 15 is 0 Å². The van der Waals surface area contributed by atoms with Crippen molar-refractivity contribution in [3.63, 3.8) is 0 Å². The Hall–Kier alpha value is -10.2. The van der Waals surface area contributed by atoms with Crippen LogP contribution >= 0.6 is 0 Å². The second-order valence-corrected chi connectivity index (χ2v) is 18.9. The summed E-state index contributed by atoms with van der Waals surface area (Å²) < 4.78 is 0. The summed E-state index contributed by atoms with van der Waals surface area (Å²) in [4.78, 5) is 9.47. The Balaban J connectivity index is 1.12. The summed E-state index contributed by atoms with van der Waals surface area (Å²) >= 11 is 0. The van der Waals surface area contributed by atoms with E-state index in [4.69, 9.17) is 0 Å². The monoisotopic (exact) mass is 972 g/mol. The molecule has 0 saturated carbocycles. The standard InChI is InChI=1S/C72H52N4/c1-9-25-53(26-10-1)73(54-27-11-2-12-28-54)61-41-45-65-69(49-61)66-46-42-62(74(55-29-13-3-14-30-55)56-31-15-4-16-32-56)51-71(66)68-48-44-64(76(59-37-21-7-22-38-59)60-39-23-8-24-40-60)52-72(68)67-47-43-63(50-70(65)67)75(57-33-17-5-18-34-57)58-35-19-6-20-36-58/h1-52H. The van der Waals surface area contributed by atoms with Gasteiger partial charge in [0.1, 0.15) is 0 Å². The van der Waals surface area contributed by atoms with Gasteiger partial charge in [-0.15, -0.1) is 0 Å². The molecule has 13 rings (SSSR count). The van der Waals surface area contributed by atoms with Gasteiger partial charge in [-0.25, -0.2) is 0 Å². The van der Waals surface area contributed by atoms with Crippen molar-refractivity contribution >= 4 is 68.2 Å². The van der Waals surface area contributed by atoms with Crippen LogP contribution in [0.15, 0.2) is 315 Å². The summed E-state index contributed by atoms with van der Waals surface area (Å²) in [5, 5.41) is 0. The third-order valence-electron chi connectivity index (χ3n) is 14.3. The van der Waals surface area contributed by atoms with Gasteiger partial charge < -0.3 is 19.6 Å². The third-order valence-corrected chi connectivity index (χ3v) is 14.3. The predicted molar refractivity (Wildman–Crippen MR) is 320 cm³/mol. The van der Waals surface area contributed by atoms with E-state index in [9.17, 15) is 0 Å². The van der Waals surface area contributed by atoms with Gasteiger partial charge in [0.25, 0.3) is 0 Å². The van der Waals surface area contributed by atoms with Crippen LogP contribution in [0.5, 0.6) is 0 Å². The first-order valence-corrected chi connectivity index (χ1v) is 25.9. The van der Waals surface area contributed by atoms with E-state index in [1.54, 1.807) is 0 Å². The fourth-order valence-corrected chi connectivity index (χ4v) is 10.9. The Kier molecular flexibility index (Phi) is 12.3. The van der Waals surface area contributed by atoms with Crippen molar-refractivity contribution in [2.75, 3.05) is 19.6 Å². The molecule has 76 heavy (non-hydrogen) atoms. The third kappa shape index (κ3) is 8.74. The lowest BCUT2D eigenvalue weighted by molar-refractivity contribution is 1.27. The van der Waals surface area contributed by atoms with Crippen molar-refractivity contribution in [1.82, 2.24) is 0 Å². The first-order valence-electron chi connectivity index (χ1n) is 25.9. The zero-order valence-corrected chi connectivity index (χ0v) is 41.8. The van der Waals surface area contributed by atoms with Crippen LogP contribution in [0.25, 0.3) is 44.5 Å². The Morgan fingerprint density at radius 2 is 0.263 bits per heavy atom. The van der Waals surface area contributed by atoms with Crippen molar-refractivity contribution in [2.45, 2.75) is 0 Å². The molecule has 0 amide bonds. The molecular formula is C72H52N4. The molecule has 0 fully saturated rings. The molecule has 1 aliphatic rings. The summed E-state index contributed by atoms with van der Waals surface area (Å²) in [5.41, 5.74) is 22.0. The van der Waals surface area contributed by atoms with Crippen LogP contribution in [0.2, 0.25) is 0 Å². The summed E-state index contributed by atoms with van der Waals surface area (Å²) in [6.45, 7) is 0. The first-order chi connectivity index (χ1) is 37.7. The minimum atomic E-state index is 1.06. The average molecular weight is 973 g/mol. The van der Waals surface area contributed by atoms with Gasteiger partial charge in [0.05, 0.1) is 0 Å². The minimum Gasteiger partial charge on any atom is -0.310 e. The molecule has 0 radical (unpaired) electrons. The molecule has 0 saturated heterocycles. The van der Waals surface area contributed by atoms with Crippen molar-refractivity contribution in [1.29, 1.82) is 0 Å². The zero-order chi connectivity index (χ0) is 50.6. The molecule has 0 heterocycles. The molecule has 0 N–H and O–H groups in total. The Morgan fingerprint density at radius 1 is 0.118 bits per heavy atom. The molecule has 0 atom stereocenters. The van der Waals surface area contributed by atoms with Crippen molar-refractivity contribution in [3.05, 3.63) is 315 Å². The number of hydrogen-bond donors (Lipinski definition) is 0. The number of fused-ring (bicyclic) bond motifs is 8.